The van der Waals surface area contributed by atoms with Crippen molar-refractivity contribution in [3.63, 3.8) is 0 Å². The summed E-state index contributed by atoms with van der Waals surface area (Å²) in [4.78, 5) is 12.4. The van der Waals surface area contributed by atoms with Gasteiger partial charge in [0.2, 0.25) is 0 Å². The van der Waals surface area contributed by atoms with Crippen molar-refractivity contribution in [1.82, 2.24) is 5.32 Å². The van der Waals surface area contributed by atoms with Crippen molar-refractivity contribution in [1.29, 1.82) is 0 Å². The number of amides is 1. The molecule has 0 aromatic heterocycles. The highest BCUT2D eigenvalue weighted by Gasteiger charge is 2.18. The first-order valence-electron chi connectivity index (χ1n) is 7.99. The number of fused-ring (bicyclic) bond motifs is 1. The second-order valence-corrected chi connectivity index (χ2v) is 5.94. The van der Waals surface area contributed by atoms with E-state index in [4.69, 9.17) is 4.74 Å². The fourth-order valence-corrected chi connectivity index (χ4v) is 2.83. The number of anilines is 1. The van der Waals surface area contributed by atoms with Crippen LogP contribution in [0, 0.1) is 6.92 Å². The van der Waals surface area contributed by atoms with Crippen molar-refractivity contribution in [2.75, 3.05) is 11.9 Å². The minimum absolute atomic E-state index is 0.126. The van der Waals surface area contributed by atoms with Crippen molar-refractivity contribution in [3.8, 4) is 5.75 Å². The predicted molar refractivity (Wildman–Crippen MR) is 91.8 cm³/mol. The average molecular weight is 310 g/mol. The molecule has 1 aliphatic heterocycles. The smallest absolute Gasteiger partial charge is 0.265 e. The molecule has 1 atom stereocenters. The highest BCUT2D eigenvalue weighted by molar-refractivity contribution is 5.95. The third-order valence-corrected chi connectivity index (χ3v) is 4.07. The van der Waals surface area contributed by atoms with E-state index in [1.807, 2.05) is 43.3 Å². The first-order valence-corrected chi connectivity index (χ1v) is 7.99. The van der Waals surface area contributed by atoms with E-state index in [1.54, 1.807) is 6.92 Å². The molecular weight excluding hydrogens is 288 g/mol. The van der Waals surface area contributed by atoms with Crippen LogP contribution >= 0.6 is 0 Å². The van der Waals surface area contributed by atoms with E-state index in [-0.39, 0.29) is 5.91 Å². The second kappa shape index (κ2) is 6.84. The Labute approximate surface area is 136 Å². The van der Waals surface area contributed by atoms with Gasteiger partial charge in [-0.1, -0.05) is 24.3 Å². The minimum Gasteiger partial charge on any atom is -0.481 e. The van der Waals surface area contributed by atoms with Crippen LogP contribution in [-0.4, -0.2) is 18.6 Å². The van der Waals surface area contributed by atoms with Crippen molar-refractivity contribution in [2.24, 2.45) is 0 Å². The van der Waals surface area contributed by atoms with Crippen LogP contribution in [0.2, 0.25) is 0 Å². The summed E-state index contributed by atoms with van der Waals surface area (Å²) < 4.78 is 5.75. The molecule has 120 valence electrons. The summed E-state index contributed by atoms with van der Waals surface area (Å²) in [5.74, 6) is 0.588. The summed E-state index contributed by atoms with van der Waals surface area (Å²) >= 11 is 0. The molecule has 2 aromatic rings. The van der Waals surface area contributed by atoms with E-state index in [9.17, 15) is 4.79 Å². The maximum atomic E-state index is 12.4. The maximum Gasteiger partial charge on any atom is 0.265 e. The summed E-state index contributed by atoms with van der Waals surface area (Å²) in [7, 11) is 0. The fourth-order valence-electron chi connectivity index (χ4n) is 2.83. The van der Waals surface area contributed by atoms with Gasteiger partial charge in [0.05, 0.1) is 0 Å². The van der Waals surface area contributed by atoms with Gasteiger partial charge in [-0.2, -0.15) is 0 Å². The van der Waals surface area contributed by atoms with Gasteiger partial charge in [-0.05, 0) is 61.7 Å². The Bertz CT molecular complexity index is 712. The molecule has 3 rings (SSSR count). The second-order valence-electron chi connectivity index (χ2n) is 5.94. The van der Waals surface area contributed by atoms with E-state index < -0.39 is 6.10 Å². The van der Waals surface area contributed by atoms with Gasteiger partial charge in [-0.15, -0.1) is 0 Å². The Morgan fingerprint density at radius 2 is 2.09 bits per heavy atom. The van der Waals surface area contributed by atoms with Crippen LogP contribution in [0.3, 0.4) is 0 Å². The van der Waals surface area contributed by atoms with Gasteiger partial charge in [-0.3, -0.25) is 4.79 Å². The van der Waals surface area contributed by atoms with E-state index >= 15 is 0 Å². The van der Waals surface area contributed by atoms with Crippen LogP contribution in [0.25, 0.3) is 0 Å². The quantitative estimate of drug-likeness (QED) is 0.912. The van der Waals surface area contributed by atoms with Crippen LogP contribution in [0.15, 0.2) is 42.5 Å². The van der Waals surface area contributed by atoms with Crippen LogP contribution in [0.5, 0.6) is 5.75 Å². The average Bonchev–Trinajstić information content (AvgIpc) is 2.55. The third kappa shape index (κ3) is 3.71. The van der Waals surface area contributed by atoms with E-state index in [0.717, 1.165) is 30.8 Å². The van der Waals surface area contributed by atoms with Gasteiger partial charge in [0.15, 0.2) is 6.10 Å². The number of ether oxygens (including phenoxy) is 1. The SMILES string of the molecule is Cc1cccc(OC(C)C(=O)Nc2cccc3c2CCNC3)c1. The third-order valence-electron chi connectivity index (χ3n) is 4.07. The van der Waals surface area contributed by atoms with Crippen LogP contribution in [0.1, 0.15) is 23.6 Å². The van der Waals surface area contributed by atoms with Gasteiger partial charge < -0.3 is 15.4 Å². The fraction of sp³-hybridized carbons (Fsp3) is 0.316. The normalized spacial score (nSPS) is 14.7. The molecule has 0 saturated carbocycles. The molecule has 4 nitrogen and oxygen atoms in total. The topological polar surface area (TPSA) is 50.4 Å². The van der Waals surface area contributed by atoms with Crippen molar-refractivity contribution >= 4 is 11.6 Å². The zero-order chi connectivity index (χ0) is 16.2. The maximum absolute atomic E-state index is 12.4. The zero-order valence-corrected chi connectivity index (χ0v) is 13.6. The van der Waals surface area contributed by atoms with Gasteiger partial charge in [-0.25, -0.2) is 0 Å². The number of carbonyl (C=O) groups excluding carboxylic acids is 1. The first-order chi connectivity index (χ1) is 11.1. The summed E-state index contributed by atoms with van der Waals surface area (Å²) in [5.41, 5.74) is 4.48. The molecule has 2 N–H and O–H groups in total. The number of benzene rings is 2. The highest BCUT2D eigenvalue weighted by Crippen LogP contribution is 2.23. The predicted octanol–water partition coefficient (Wildman–Crippen LogP) is 3.05. The molecule has 2 aromatic carbocycles. The van der Waals surface area contributed by atoms with E-state index in [0.29, 0.717) is 5.75 Å². The number of nitrogens with one attached hydrogen (secondary N) is 2. The number of hydrogen-bond donors (Lipinski definition) is 2. The Kier molecular flexibility index (Phi) is 4.63. The number of carbonyl (C=O) groups is 1. The van der Waals surface area contributed by atoms with Crippen LogP contribution < -0.4 is 15.4 Å². The standard InChI is InChI=1S/C19H22N2O2/c1-13-5-3-7-16(11-13)23-14(2)19(22)21-18-8-4-6-15-12-20-10-9-17(15)18/h3-8,11,14,20H,9-10,12H2,1-2H3,(H,21,22). The number of aryl methyl sites for hydroxylation is 1. The monoisotopic (exact) mass is 310 g/mol. The molecule has 23 heavy (non-hydrogen) atoms. The summed E-state index contributed by atoms with van der Waals surface area (Å²) in [6.45, 7) is 5.57. The van der Waals surface area contributed by atoms with Gasteiger partial charge in [0.1, 0.15) is 5.75 Å². The summed E-state index contributed by atoms with van der Waals surface area (Å²) in [6.07, 6.45) is 0.383. The van der Waals surface area contributed by atoms with Crippen LogP contribution in [0.4, 0.5) is 5.69 Å². The first kappa shape index (κ1) is 15.6. The van der Waals surface area contributed by atoms with Gasteiger partial charge >= 0.3 is 0 Å². The molecule has 0 radical (unpaired) electrons. The van der Waals surface area contributed by atoms with Crippen LogP contribution in [-0.2, 0) is 17.8 Å². The Morgan fingerprint density at radius 1 is 1.26 bits per heavy atom. The Balaban J connectivity index is 1.69. The summed E-state index contributed by atoms with van der Waals surface area (Å²) in [5, 5.41) is 6.36. The minimum atomic E-state index is -0.547. The zero-order valence-electron chi connectivity index (χ0n) is 13.6. The number of hydrogen-bond acceptors (Lipinski definition) is 3. The van der Waals surface area contributed by atoms with Gasteiger partial charge in [0, 0.05) is 12.2 Å². The van der Waals surface area contributed by atoms with E-state index in [1.165, 1.54) is 11.1 Å². The number of rotatable bonds is 4. The molecule has 0 aliphatic carbocycles. The van der Waals surface area contributed by atoms with Gasteiger partial charge in [0.25, 0.3) is 5.91 Å². The lowest BCUT2D eigenvalue weighted by atomic mass is 9.99. The molecule has 0 bridgehead atoms. The molecule has 0 saturated heterocycles. The highest BCUT2D eigenvalue weighted by atomic mass is 16.5. The molecule has 1 amide bonds. The van der Waals surface area contributed by atoms with Crippen molar-refractivity contribution in [3.05, 3.63) is 59.2 Å². The lowest BCUT2D eigenvalue weighted by molar-refractivity contribution is -0.122. The molecule has 0 fully saturated rings. The lowest BCUT2D eigenvalue weighted by Crippen LogP contribution is -2.31. The molecule has 1 unspecified atom stereocenters. The molecule has 0 spiro atoms. The summed E-state index contributed by atoms with van der Waals surface area (Å²) in [6, 6.07) is 13.8. The Hall–Kier alpha value is -2.33. The lowest BCUT2D eigenvalue weighted by Gasteiger charge is -2.22. The molecule has 1 aliphatic rings. The van der Waals surface area contributed by atoms with E-state index in [2.05, 4.69) is 16.7 Å². The molecular formula is C19H22N2O2. The Morgan fingerprint density at radius 3 is 2.91 bits per heavy atom. The van der Waals surface area contributed by atoms with Crippen molar-refractivity contribution in [2.45, 2.75) is 32.9 Å². The van der Waals surface area contributed by atoms with Crippen molar-refractivity contribution < 1.29 is 9.53 Å². The molecule has 4 heteroatoms. The largest absolute Gasteiger partial charge is 0.481 e. The molecule has 1 heterocycles.